The maximum absolute atomic E-state index is 11.6. The monoisotopic (exact) mass is 275 g/mol. The van der Waals surface area contributed by atoms with Crippen molar-refractivity contribution in [2.24, 2.45) is 5.84 Å². The van der Waals surface area contributed by atoms with Crippen LogP contribution in [-0.2, 0) is 11.2 Å². The number of nitrogens with one attached hydrogen (secondary N) is 2. The SMILES string of the molecule is NNc1nc(-c2ccc(CC(=O)O)cc2)[nH]c(=O)c1N. The van der Waals surface area contributed by atoms with Gasteiger partial charge in [-0.3, -0.25) is 9.59 Å². The van der Waals surface area contributed by atoms with Crippen molar-refractivity contribution in [3.63, 3.8) is 0 Å². The summed E-state index contributed by atoms with van der Waals surface area (Å²) in [7, 11) is 0. The Kier molecular flexibility index (Phi) is 3.67. The fourth-order valence-corrected chi connectivity index (χ4v) is 1.68. The molecule has 0 aliphatic heterocycles. The Bertz CT molecular complexity index is 693. The molecule has 20 heavy (non-hydrogen) atoms. The summed E-state index contributed by atoms with van der Waals surface area (Å²) in [5.41, 5.74) is 8.42. The molecule has 8 nitrogen and oxygen atoms in total. The second-order valence-electron chi connectivity index (χ2n) is 4.09. The Balaban J connectivity index is 2.39. The molecular formula is C12H13N5O3. The van der Waals surface area contributed by atoms with Crippen LogP contribution in [0.5, 0.6) is 0 Å². The van der Waals surface area contributed by atoms with Crippen LogP contribution in [0.4, 0.5) is 11.5 Å². The van der Waals surface area contributed by atoms with Crippen LogP contribution in [0, 0.1) is 0 Å². The Hall–Kier alpha value is -2.87. The summed E-state index contributed by atoms with van der Waals surface area (Å²) in [6.07, 6.45) is -0.0679. The van der Waals surface area contributed by atoms with Gasteiger partial charge in [0.1, 0.15) is 11.5 Å². The molecule has 0 saturated carbocycles. The van der Waals surface area contributed by atoms with Crippen LogP contribution in [-0.4, -0.2) is 21.0 Å². The van der Waals surface area contributed by atoms with Gasteiger partial charge in [-0.15, -0.1) is 0 Å². The number of carbonyl (C=O) groups is 1. The minimum absolute atomic E-state index is 0.0679. The lowest BCUT2D eigenvalue weighted by molar-refractivity contribution is -0.136. The molecular weight excluding hydrogens is 262 g/mol. The van der Waals surface area contributed by atoms with E-state index in [1.807, 2.05) is 0 Å². The number of hydrogen-bond donors (Lipinski definition) is 5. The molecule has 2 rings (SSSR count). The van der Waals surface area contributed by atoms with Gasteiger partial charge in [-0.2, -0.15) is 0 Å². The van der Waals surface area contributed by atoms with Crippen LogP contribution in [0.2, 0.25) is 0 Å². The quantitative estimate of drug-likeness (QED) is 0.387. The topological polar surface area (TPSA) is 147 Å². The Labute approximate surface area is 113 Å². The van der Waals surface area contributed by atoms with E-state index in [1.165, 1.54) is 0 Å². The first-order valence-corrected chi connectivity index (χ1v) is 5.68. The Morgan fingerprint density at radius 1 is 1.35 bits per heavy atom. The van der Waals surface area contributed by atoms with E-state index in [-0.39, 0.29) is 17.9 Å². The molecule has 1 heterocycles. The van der Waals surface area contributed by atoms with Gasteiger partial charge in [-0.1, -0.05) is 24.3 Å². The second kappa shape index (κ2) is 5.41. The number of aliphatic carboxylic acids is 1. The number of carboxylic acid groups (broad SMARTS) is 1. The number of hydrazine groups is 1. The third-order valence-electron chi connectivity index (χ3n) is 2.67. The molecule has 7 N–H and O–H groups in total. The van der Waals surface area contributed by atoms with Crippen molar-refractivity contribution < 1.29 is 9.90 Å². The van der Waals surface area contributed by atoms with Gasteiger partial charge in [0, 0.05) is 5.56 Å². The third-order valence-corrected chi connectivity index (χ3v) is 2.67. The molecule has 0 unspecified atom stereocenters. The highest BCUT2D eigenvalue weighted by atomic mass is 16.4. The molecule has 0 bridgehead atoms. The summed E-state index contributed by atoms with van der Waals surface area (Å²) in [5, 5.41) is 8.69. The van der Waals surface area contributed by atoms with Crippen molar-refractivity contribution in [1.29, 1.82) is 0 Å². The fourth-order valence-electron chi connectivity index (χ4n) is 1.68. The van der Waals surface area contributed by atoms with E-state index in [1.54, 1.807) is 24.3 Å². The van der Waals surface area contributed by atoms with Crippen molar-refractivity contribution >= 4 is 17.5 Å². The first-order valence-electron chi connectivity index (χ1n) is 5.68. The van der Waals surface area contributed by atoms with Gasteiger partial charge in [0.2, 0.25) is 0 Å². The summed E-state index contributed by atoms with van der Waals surface area (Å²) >= 11 is 0. The minimum atomic E-state index is -0.911. The van der Waals surface area contributed by atoms with Gasteiger partial charge in [0.15, 0.2) is 5.82 Å². The standard InChI is InChI=1S/C12H13N5O3/c13-9-11(17-14)15-10(16-12(9)20)7-3-1-6(2-4-7)5-8(18)19/h1-4H,5,13-14H2,(H,18,19)(H2,15,16,17,20). The van der Waals surface area contributed by atoms with E-state index in [0.717, 1.165) is 0 Å². The van der Waals surface area contributed by atoms with Gasteiger partial charge < -0.3 is 21.2 Å². The molecule has 0 radical (unpaired) electrons. The highest BCUT2D eigenvalue weighted by Crippen LogP contribution is 2.18. The van der Waals surface area contributed by atoms with Crippen LogP contribution in [0.25, 0.3) is 11.4 Å². The molecule has 0 atom stereocenters. The number of hydrogen-bond acceptors (Lipinski definition) is 6. The van der Waals surface area contributed by atoms with E-state index in [2.05, 4.69) is 15.4 Å². The maximum Gasteiger partial charge on any atom is 0.307 e. The highest BCUT2D eigenvalue weighted by Gasteiger charge is 2.09. The van der Waals surface area contributed by atoms with E-state index >= 15 is 0 Å². The molecule has 0 saturated heterocycles. The molecule has 0 spiro atoms. The first kappa shape index (κ1) is 13.6. The van der Waals surface area contributed by atoms with E-state index in [9.17, 15) is 9.59 Å². The summed E-state index contributed by atoms with van der Waals surface area (Å²) in [4.78, 5) is 28.8. The number of carboxylic acids is 1. The van der Waals surface area contributed by atoms with Crippen molar-refractivity contribution in [1.82, 2.24) is 9.97 Å². The van der Waals surface area contributed by atoms with E-state index in [4.69, 9.17) is 16.7 Å². The van der Waals surface area contributed by atoms with Gasteiger partial charge >= 0.3 is 5.97 Å². The smallest absolute Gasteiger partial charge is 0.307 e. The summed E-state index contributed by atoms with van der Waals surface area (Å²) < 4.78 is 0. The van der Waals surface area contributed by atoms with Gasteiger partial charge in [-0.25, -0.2) is 10.8 Å². The van der Waals surface area contributed by atoms with Crippen molar-refractivity contribution in [2.75, 3.05) is 11.2 Å². The predicted octanol–water partition coefficient (Wildman–Crippen LogP) is -0.0682. The number of nitrogens with zero attached hydrogens (tertiary/aromatic N) is 1. The lowest BCUT2D eigenvalue weighted by Crippen LogP contribution is -2.20. The number of aromatic nitrogens is 2. The van der Waals surface area contributed by atoms with E-state index < -0.39 is 11.5 Å². The average Bonchev–Trinajstić information content (AvgIpc) is 2.42. The number of nitrogen functional groups attached to an aromatic ring is 2. The van der Waals surface area contributed by atoms with Gasteiger partial charge in [0.05, 0.1) is 6.42 Å². The summed E-state index contributed by atoms with van der Waals surface area (Å²) in [5.74, 6) is 4.70. The average molecular weight is 275 g/mol. The molecule has 0 amide bonds. The number of benzene rings is 1. The van der Waals surface area contributed by atoms with Crippen LogP contribution in [0.1, 0.15) is 5.56 Å². The lowest BCUT2D eigenvalue weighted by Gasteiger charge is -2.07. The number of aromatic amines is 1. The van der Waals surface area contributed by atoms with Crippen LogP contribution in [0.15, 0.2) is 29.1 Å². The van der Waals surface area contributed by atoms with Gasteiger partial charge in [0.25, 0.3) is 5.56 Å². The van der Waals surface area contributed by atoms with Gasteiger partial charge in [-0.05, 0) is 5.56 Å². The largest absolute Gasteiger partial charge is 0.481 e. The number of H-pyrrole nitrogens is 1. The predicted molar refractivity (Wildman–Crippen MR) is 73.9 cm³/mol. The maximum atomic E-state index is 11.6. The number of nitrogens with two attached hydrogens (primary N) is 2. The summed E-state index contributed by atoms with van der Waals surface area (Å²) in [6, 6.07) is 6.62. The Morgan fingerprint density at radius 3 is 2.55 bits per heavy atom. The molecule has 0 fully saturated rings. The minimum Gasteiger partial charge on any atom is -0.481 e. The fraction of sp³-hybridized carbons (Fsp3) is 0.0833. The van der Waals surface area contributed by atoms with Crippen molar-refractivity contribution in [2.45, 2.75) is 6.42 Å². The van der Waals surface area contributed by atoms with Crippen molar-refractivity contribution in [3.05, 3.63) is 40.2 Å². The number of rotatable bonds is 4. The van der Waals surface area contributed by atoms with Crippen LogP contribution < -0.4 is 22.6 Å². The Morgan fingerprint density at radius 2 is 2.00 bits per heavy atom. The zero-order valence-electron chi connectivity index (χ0n) is 10.4. The van der Waals surface area contributed by atoms with E-state index in [0.29, 0.717) is 17.0 Å². The highest BCUT2D eigenvalue weighted by molar-refractivity contribution is 5.71. The first-order chi connectivity index (χ1) is 9.51. The molecule has 2 aromatic rings. The molecule has 1 aromatic carbocycles. The normalized spacial score (nSPS) is 10.2. The van der Waals surface area contributed by atoms with Crippen LogP contribution in [0.3, 0.4) is 0 Å². The summed E-state index contributed by atoms with van der Waals surface area (Å²) in [6.45, 7) is 0. The molecule has 104 valence electrons. The zero-order valence-corrected chi connectivity index (χ0v) is 10.4. The zero-order chi connectivity index (χ0) is 14.7. The lowest BCUT2D eigenvalue weighted by atomic mass is 10.1. The second-order valence-corrected chi connectivity index (χ2v) is 4.09. The molecule has 8 heteroatoms. The molecule has 1 aromatic heterocycles. The molecule has 0 aliphatic rings. The number of anilines is 2. The molecule has 0 aliphatic carbocycles. The third kappa shape index (κ3) is 2.75. The van der Waals surface area contributed by atoms with Crippen LogP contribution >= 0.6 is 0 Å². The van der Waals surface area contributed by atoms with Crippen molar-refractivity contribution in [3.8, 4) is 11.4 Å².